The average molecular weight is 250 g/mol. The summed E-state index contributed by atoms with van der Waals surface area (Å²) < 4.78 is 0. The van der Waals surface area contributed by atoms with Crippen LogP contribution in [-0.2, 0) is 9.59 Å². The van der Waals surface area contributed by atoms with Crippen molar-refractivity contribution in [2.75, 3.05) is 19.4 Å². The Morgan fingerprint density at radius 2 is 1.94 bits per heavy atom. The van der Waals surface area contributed by atoms with E-state index >= 15 is 0 Å². The SMILES string of the molecule is Cc1ccccc1NC(=O)C[C@H](C(=O)[O-])[NH+](C)C. The van der Waals surface area contributed by atoms with E-state index in [1.54, 1.807) is 20.2 Å². The highest BCUT2D eigenvalue weighted by Crippen LogP contribution is 2.13. The second-order valence-corrected chi connectivity index (χ2v) is 4.52. The normalized spacial score (nSPS) is 12.2. The summed E-state index contributed by atoms with van der Waals surface area (Å²) in [6.07, 6.45) is -0.0982. The van der Waals surface area contributed by atoms with Gasteiger partial charge in [0.15, 0.2) is 0 Å². The van der Waals surface area contributed by atoms with E-state index in [0.29, 0.717) is 10.6 Å². The minimum absolute atomic E-state index is 0.0982. The Kier molecular flexibility index (Phi) is 4.85. The third-order valence-corrected chi connectivity index (χ3v) is 2.79. The molecule has 0 spiro atoms. The lowest BCUT2D eigenvalue weighted by molar-refractivity contribution is -0.878. The molecule has 0 saturated heterocycles. The van der Waals surface area contributed by atoms with Crippen LogP contribution in [0, 0.1) is 6.92 Å². The molecule has 1 atom stereocenters. The highest BCUT2D eigenvalue weighted by Gasteiger charge is 2.20. The molecule has 18 heavy (non-hydrogen) atoms. The van der Waals surface area contributed by atoms with Gasteiger partial charge in [-0.25, -0.2) is 0 Å². The van der Waals surface area contributed by atoms with E-state index in [2.05, 4.69) is 5.32 Å². The number of quaternary nitrogens is 1. The smallest absolute Gasteiger partial charge is 0.230 e. The maximum Gasteiger partial charge on any atom is 0.230 e. The van der Waals surface area contributed by atoms with Gasteiger partial charge in [-0.05, 0) is 18.6 Å². The second kappa shape index (κ2) is 6.16. The number of carbonyl (C=O) groups is 2. The van der Waals surface area contributed by atoms with Crippen molar-refractivity contribution in [1.29, 1.82) is 0 Å². The van der Waals surface area contributed by atoms with Crippen LogP contribution in [0.5, 0.6) is 0 Å². The van der Waals surface area contributed by atoms with Crippen molar-refractivity contribution in [2.45, 2.75) is 19.4 Å². The first kappa shape index (κ1) is 14.2. The van der Waals surface area contributed by atoms with E-state index in [9.17, 15) is 14.7 Å². The molecule has 1 aromatic rings. The molecule has 0 aromatic heterocycles. The molecule has 0 bridgehead atoms. The number of rotatable bonds is 5. The van der Waals surface area contributed by atoms with E-state index in [4.69, 9.17) is 0 Å². The van der Waals surface area contributed by atoms with Gasteiger partial charge in [0.05, 0.1) is 26.5 Å². The van der Waals surface area contributed by atoms with Crippen molar-refractivity contribution in [3.8, 4) is 0 Å². The molecule has 98 valence electrons. The molecule has 0 unspecified atom stereocenters. The Balaban J connectivity index is 2.67. The van der Waals surface area contributed by atoms with Gasteiger partial charge in [0.2, 0.25) is 5.91 Å². The van der Waals surface area contributed by atoms with Crippen LogP contribution in [0.4, 0.5) is 5.69 Å². The van der Waals surface area contributed by atoms with Crippen LogP contribution >= 0.6 is 0 Å². The largest absolute Gasteiger partial charge is 0.544 e. The second-order valence-electron chi connectivity index (χ2n) is 4.52. The minimum Gasteiger partial charge on any atom is -0.544 e. The van der Waals surface area contributed by atoms with E-state index in [-0.39, 0.29) is 12.3 Å². The number of hydrogen-bond acceptors (Lipinski definition) is 3. The maximum atomic E-state index is 11.8. The molecule has 0 fully saturated rings. The number of para-hydroxylation sites is 1. The highest BCUT2D eigenvalue weighted by atomic mass is 16.4. The lowest BCUT2D eigenvalue weighted by Crippen LogP contribution is -3.12. The molecule has 0 heterocycles. The summed E-state index contributed by atoms with van der Waals surface area (Å²) in [6.45, 7) is 1.88. The van der Waals surface area contributed by atoms with Crippen molar-refractivity contribution in [3.05, 3.63) is 29.8 Å². The van der Waals surface area contributed by atoms with E-state index < -0.39 is 12.0 Å². The number of carbonyl (C=O) groups excluding carboxylic acids is 2. The van der Waals surface area contributed by atoms with Crippen molar-refractivity contribution in [2.24, 2.45) is 0 Å². The average Bonchev–Trinajstić information content (AvgIpc) is 2.28. The Morgan fingerprint density at radius 3 is 2.44 bits per heavy atom. The number of carboxylic acids is 1. The molecule has 5 nitrogen and oxygen atoms in total. The zero-order valence-electron chi connectivity index (χ0n) is 10.8. The maximum absolute atomic E-state index is 11.8. The van der Waals surface area contributed by atoms with Gasteiger partial charge in [0, 0.05) is 5.69 Å². The number of amides is 1. The summed E-state index contributed by atoms with van der Waals surface area (Å²) in [4.78, 5) is 23.3. The molecular weight excluding hydrogens is 232 g/mol. The van der Waals surface area contributed by atoms with Crippen LogP contribution in [0.15, 0.2) is 24.3 Å². The third kappa shape index (κ3) is 3.85. The van der Waals surface area contributed by atoms with E-state index in [1.165, 1.54) is 0 Å². The number of aryl methyl sites for hydroxylation is 1. The van der Waals surface area contributed by atoms with E-state index in [1.807, 2.05) is 25.1 Å². The van der Waals surface area contributed by atoms with Crippen LogP contribution in [0.3, 0.4) is 0 Å². The fourth-order valence-electron chi connectivity index (χ4n) is 1.62. The van der Waals surface area contributed by atoms with Gasteiger partial charge in [0.25, 0.3) is 0 Å². The van der Waals surface area contributed by atoms with Crippen LogP contribution in [-0.4, -0.2) is 32.0 Å². The molecule has 0 aliphatic carbocycles. The minimum atomic E-state index is -1.21. The van der Waals surface area contributed by atoms with Gasteiger partial charge in [0.1, 0.15) is 6.04 Å². The monoisotopic (exact) mass is 250 g/mol. The number of likely N-dealkylation sites (N-methyl/N-ethyl adjacent to an activating group) is 1. The molecule has 1 aromatic carbocycles. The van der Waals surface area contributed by atoms with Gasteiger partial charge in [-0.2, -0.15) is 0 Å². The summed E-state index contributed by atoms with van der Waals surface area (Å²) in [5.74, 6) is -1.53. The first-order valence-electron chi connectivity index (χ1n) is 5.78. The molecule has 1 rings (SSSR count). The van der Waals surface area contributed by atoms with Gasteiger partial charge in [-0.1, -0.05) is 18.2 Å². The number of carboxylic acid groups (broad SMARTS) is 1. The third-order valence-electron chi connectivity index (χ3n) is 2.79. The summed E-state index contributed by atoms with van der Waals surface area (Å²) in [5, 5.41) is 13.6. The summed E-state index contributed by atoms with van der Waals surface area (Å²) in [6, 6.07) is 6.51. The van der Waals surface area contributed by atoms with Gasteiger partial charge in [-0.3, -0.25) is 4.79 Å². The quantitative estimate of drug-likeness (QED) is 0.674. The lowest BCUT2D eigenvalue weighted by Gasteiger charge is -2.21. The van der Waals surface area contributed by atoms with E-state index in [0.717, 1.165) is 5.56 Å². The Hall–Kier alpha value is -1.88. The summed E-state index contributed by atoms with van der Waals surface area (Å²) in [7, 11) is 3.36. The first-order valence-corrected chi connectivity index (χ1v) is 5.78. The van der Waals surface area contributed by atoms with Crippen LogP contribution in [0.2, 0.25) is 0 Å². The van der Waals surface area contributed by atoms with Crippen LogP contribution < -0.4 is 15.3 Å². The Labute approximate surface area is 106 Å². The molecule has 1 amide bonds. The highest BCUT2D eigenvalue weighted by molar-refractivity contribution is 5.93. The molecule has 0 radical (unpaired) electrons. The molecule has 0 aliphatic rings. The fourth-order valence-corrected chi connectivity index (χ4v) is 1.62. The fraction of sp³-hybridized carbons (Fsp3) is 0.385. The van der Waals surface area contributed by atoms with Crippen molar-refractivity contribution < 1.29 is 19.6 Å². The van der Waals surface area contributed by atoms with Crippen LogP contribution in [0.1, 0.15) is 12.0 Å². The molecular formula is C13H18N2O3. The van der Waals surface area contributed by atoms with Crippen LogP contribution in [0.25, 0.3) is 0 Å². The predicted molar refractivity (Wildman–Crippen MR) is 66.0 cm³/mol. The number of aliphatic carboxylic acids is 1. The summed E-state index contributed by atoms with van der Waals surface area (Å²) >= 11 is 0. The Bertz CT molecular complexity index is 444. The zero-order valence-corrected chi connectivity index (χ0v) is 10.8. The van der Waals surface area contributed by atoms with Gasteiger partial charge < -0.3 is 20.1 Å². The number of nitrogens with one attached hydrogen (secondary N) is 2. The first-order chi connectivity index (χ1) is 8.41. The topological polar surface area (TPSA) is 73.7 Å². The van der Waals surface area contributed by atoms with Crippen molar-refractivity contribution >= 4 is 17.6 Å². The zero-order chi connectivity index (χ0) is 13.7. The van der Waals surface area contributed by atoms with Crippen molar-refractivity contribution in [1.82, 2.24) is 0 Å². The molecule has 0 aliphatic heterocycles. The lowest BCUT2D eigenvalue weighted by atomic mass is 10.1. The number of hydrogen-bond donors (Lipinski definition) is 2. The standard InChI is InChI=1S/C13H18N2O3/c1-9-6-4-5-7-10(9)14-12(16)8-11(13(17)18)15(2)3/h4-7,11H,8H2,1-3H3,(H,14,16)(H,17,18)/t11-/m1/s1. The predicted octanol–water partition coefficient (Wildman–Crippen LogP) is -1.41. The molecule has 0 saturated carbocycles. The van der Waals surface area contributed by atoms with Crippen molar-refractivity contribution in [3.63, 3.8) is 0 Å². The Morgan fingerprint density at radius 1 is 1.33 bits per heavy atom. The van der Waals surface area contributed by atoms with Gasteiger partial charge >= 0.3 is 0 Å². The molecule has 5 heteroatoms. The van der Waals surface area contributed by atoms with Gasteiger partial charge in [-0.15, -0.1) is 0 Å². The number of benzene rings is 1. The summed E-state index contributed by atoms with van der Waals surface area (Å²) in [5.41, 5.74) is 1.64. The molecule has 2 N–H and O–H groups in total. The number of anilines is 1.